The largest absolute Gasteiger partial charge is 0.276 e. The summed E-state index contributed by atoms with van der Waals surface area (Å²) < 4.78 is 26.7. The maximum absolute atomic E-state index is 12.1. The van der Waals surface area contributed by atoms with Gasteiger partial charge in [0.15, 0.2) is 5.15 Å². The molecule has 0 radical (unpaired) electrons. The van der Waals surface area contributed by atoms with E-state index in [0.29, 0.717) is 10.4 Å². The van der Waals surface area contributed by atoms with Crippen molar-refractivity contribution in [2.24, 2.45) is 0 Å². The third kappa shape index (κ3) is 2.87. The first-order chi connectivity index (χ1) is 8.94. The predicted octanol–water partition coefficient (Wildman–Crippen LogP) is 2.78. The highest BCUT2D eigenvalue weighted by Crippen LogP contribution is 2.28. The summed E-state index contributed by atoms with van der Waals surface area (Å²) >= 11 is 6.76. The highest BCUT2D eigenvalue weighted by molar-refractivity contribution is 7.94. The number of aryl methyl sites for hydroxylation is 1. The molecule has 0 aliphatic rings. The van der Waals surface area contributed by atoms with Crippen LogP contribution in [0.4, 0.5) is 5.69 Å². The molecule has 2 aromatic rings. The van der Waals surface area contributed by atoms with Crippen molar-refractivity contribution in [3.63, 3.8) is 0 Å². The molecule has 19 heavy (non-hydrogen) atoms. The summed E-state index contributed by atoms with van der Waals surface area (Å²) in [6.45, 7) is 1.72. The Labute approximate surface area is 119 Å². The van der Waals surface area contributed by atoms with Crippen LogP contribution in [0.25, 0.3) is 0 Å². The van der Waals surface area contributed by atoms with Crippen LogP contribution in [0.1, 0.15) is 10.4 Å². The molecule has 98 valence electrons. The molecule has 2 aromatic heterocycles. The van der Waals surface area contributed by atoms with Crippen LogP contribution in [-0.4, -0.2) is 13.4 Å². The van der Waals surface area contributed by atoms with E-state index in [1.54, 1.807) is 13.0 Å². The number of nitriles is 1. The molecule has 0 unspecified atom stereocenters. The fourth-order valence-corrected chi connectivity index (χ4v) is 3.91. The Morgan fingerprint density at radius 1 is 1.42 bits per heavy atom. The van der Waals surface area contributed by atoms with Crippen LogP contribution in [0.3, 0.4) is 0 Å². The van der Waals surface area contributed by atoms with E-state index in [-0.39, 0.29) is 15.0 Å². The second-order valence-electron chi connectivity index (χ2n) is 3.63. The minimum Gasteiger partial charge on any atom is -0.276 e. The number of halogens is 1. The fourth-order valence-electron chi connectivity index (χ4n) is 1.36. The maximum Gasteiger partial charge on any atom is 0.271 e. The lowest BCUT2D eigenvalue weighted by molar-refractivity contribution is 0.603. The molecule has 2 heterocycles. The molecule has 2 rings (SSSR count). The number of anilines is 1. The van der Waals surface area contributed by atoms with Gasteiger partial charge in [0.25, 0.3) is 10.0 Å². The third-order valence-electron chi connectivity index (χ3n) is 2.31. The van der Waals surface area contributed by atoms with Gasteiger partial charge < -0.3 is 0 Å². The standard InChI is InChI=1S/C11H8ClN3O2S2/c1-7-4-5-14-11(12)10(7)15-19(16,17)9-3-2-8(6-13)18-9/h2-5,15H,1H3. The van der Waals surface area contributed by atoms with Crippen LogP contribution in [0.2, 0.25) is 5.15 Å². The Bertz CT molecular complexity index is 742. The number of pyridine rings is 1. The molecule has 0 aromatic carbocycles. The number of nitrogens with one attached hydrogen (secondary N) is 1. The summed E-state index contributed by atoms with van der Waals surface area (Å²) in [4.78, 5) is 4.16. The molecule has 0 saturated heterocycles. The molecule has 0 aliphatic heterocycles. The number of sulfonamides is 1. The van der Waals surface area contributed by atoms with E-state index in [4.69, 9.17) is 16.9 Å². The van der Waals surface area contributed by atoms with Gasteiger partial charge in [-0.05, 0) is 30.7 Å². The van der Waals surface area contributed by atoms with Crippen LogP contribution < -0.4 is 4.72 Å². The Hall–Kier alpha value is -1.62. The summed E-state index contributed by atoms with van der Waals surface area (Å²) in [7, 11) is -3.75. The monoisotopic (exact) mass is 313 g/mol. The molecule has 0 saturated carbocycles. The Morgan fingerprint density at radius 3 is 2.74 bits per heavy atom. The minimum atomic E-state index is -3.75. The average molecular weight is 314 g/mol. The van der Waals surface area contributed by atoms with Crippen molar-refractivity contribution < 1.29 is 8.42 Å². The first-order valence-corrected chi connectivity index (χ1v) is 7.75. The van der Waals surface area contributed by atoms with E-state index < -0.39 is 10.0 Å². The van der Waals surface area contributed by atoms with Crippen molar-refractivity contribution in [1.82, 2.24) is 4.98 Å². The lowest BCUT2D eigenvalue weighted by atomic mass is 10.3. The van der Waals surface area contributed by atoms with Gasteiger partial charge in [-0.25, -0.2) is 13.4 Å². The van der Waals surface area contributed by atoms with Gasteiger partial charge in [0.1, 0.15) is 15.2 Å². The Kier molecular flexibility index (Phi) is 3.75. The van der Waals surface area contributed by atoms with Crippen molar-refractivity contribution in [2.45, 2.75) is 11.1 Å². The van der Waals surface area contributed by atoms with Crippen molar-refractivity contribution in [3.05, 3.63) is 40.0 Å². The zero-order valence-corrected chi connectivity index (χ0v) is 12.1. The van der Waals surface area contributed by atoms with E-state index in [2.05, 4.69) is 9.71 Å². The third-order valence-corrected chi connectivity index (χ3v) is 5.42. The molecule has 8 heteroatoms. The first kappa shape index (κ1) is 13.8. The molecule has 5 nitrogen and oxygen atoms in total. The second kappa shape index (κ2) is 5.17. The van der Waals surface area contributed by atoms with Gasteiger partial charge in [-0.3, -0.25) is 4.72 Å². The zero-order valence-electron chi connectivity index (χ0n) is 9.71. The van der Waals surface area contributed by atoms with E-state index in [1.807, 2.05) is 6.07 Å². The van der Waals surface area contributed by atoms with Gasteiger partial charge >= 0.3 is 0 Å². The summed E-state index contributed by atoms with van der Waals surface area (Å²) in [6, 6.07) is 6.38. The lowest BCUT2D eigenvalue weighted by Gasteiger charge is -2.09. The van der Waals surface area contributed by atoms with Gasteiger partial charge in [-0.1, -0.05) is 11.6 Å². The zero-order chi connectivity index (χ0) is 14.0. The van der Waals surface area contributed by atoms with Gasteiger partial charge in [-0.2, -0.15) is 5.26 Å². The van der Waals surface area contributed by atoms with Crippen molar-refractivity contribution >= 4 is 38.6 Å². The van der Waals surface area contributed by atoms with Crippen molar-refractivity contribution in [3.8, 4) is 6.07 Å². The minimum absolute atomic E-state index is 0.0587. The normalized spacial score (nSPS) is 11.0. The number of hydrogen-bond donors (Lipinski definition) is 1. The number of thiophene rings is 1. The topological polar surface area (TPSA) is 82.8 Å². The number of hydrogen-bond acceptors (Lipinski definition) is 5. The highest BCUT2D eigenvalue weighted by atomic mass is 35.5. The van der Waals surface area contributed by atoms with Crippen LogP contribution >= 0.6 is 22.9 Å². The van der Waals surface area contributed by atoms with Gasteiger partial charge in [-0.15, -0.1) is 11.3 Å². The van der Waals surface area contributed by atoms with E-state index in [9.17, 15) is 8.42 Å². The maximum atomic E-state index is 12.1. The molecule has 1 N–H and O–H groups in total. The molecular formula is C11H8ClN3O2S2. The van der Waals surface area contributed by atoms with Crippen LogP contribution in [0, 0.1) is 18.3 Å². The van der Waals surface area contributed by atoms with Crippen molar-refractivity contribution in [2.75, 3.05) is 4.72 Å². The SMILES string of the molecule is Cc1ccnc(Cl)c1NS(=O)(=O)c1ccc(C#N)s1. The highest BCUT2D eigenvalue weighted by Gasteiger charge is 2.19. The molecule has 0 aliphatic carbocycles. The quantitative estimate of drug-likeness (QED) is 0.883. The number of nitrogens with zero attached hydrogens (tertiary/aromatic N) is 2. The second-order valence-corrected chi connectivity index (χ2v) is 6.98. The van der Waals surface area contributed by atoms with E-state index in [0.717, 1.165) is 11.3 Å². The first-order valence-electron chi connectivity index (χ1n) is 5.08. The van der Waals surface area contributed by atoms with Crippen LogP contribution in [-0.2, 0) is 10.0 Å². The number of rotatable bonds is 3. The van der Waals surface area contributed by atoms with Crippen LogP contribution in [0.15, 0.2) is 28.6 Å². The Morgan fingerprint density at radius 2 is 2.16 bits per heavy atom. The molecule has 0 amide bonds. The average Bonchev–Trinajstić information content (AvgIpc) is 2.83. The molecular weight excluding hydrogens is 306 g/mol. The summed E-state index contributed by atoms with van der Waals surface area (Å²) in [5.74, 6) is 0. The van der Waals surface area contributed by atoms with Gasteiger partial charge in [0, 0.05) is 6.20 Å². The van der Waals surface area contributed by atoms with Gasteiger partial charge in [0.2, 0.25) is 0 Å². The summed E-state index contributed by atoms with van der Waals surface area (Å²) in [5.41, 5.74) is 0.914. The smallest absolute Gasteiger partial charge is 0.271 e. The fraction of sp³-hybridized carbons (Fsp3) is 0.0909. The van der Waals surface area contributed by atoms with Crippen molar-refractivity contribution in [1.29, 1.82) is 5.26 Å². The number of aromatic nitrogens is 1. The molecule has 0 fully saturated rings. The Balaban J connectivity index is 2.40. The molecule has 0 spiro atoms. The van der Waals surface area contributed by atoms with Gasteiger partial charge in [0.05, 0.1) is 5.69 Å². The van der Waals surface area contributed by atoms with E-state index in [1.165, 1.54) is 18.3 Å². The predicted molar refractivity (Wildman–Crippen MR) is 73.8 cm³/mol. The summed E-state index contributed by atoms with van der Waals surface area (Å²) in [5, 5.41) is 8.79. The molecule has 0 bridgehead atoms. The summed E-state index contributed by atoms with van der Waals surface area (Å²) in [6.07, 6.45) is 1.49. The van der Waals surface area contributed by atoms with E-state index >= 15 is 0 Å². The molecule has 0 atom stereocenters. The lowest BCUT2D eigenvalue weighted by Crippen LogP contribution is -2.13. The van der Waals surface area contributed by atoms with Crippen LogP contribution in [0.5, 0.6) is 0 Å².